The average molecular weight is 213 g/mol. The molecule has 0 radical (unpaired) electrons. The van der Waals surface area contributed by atoms with Crippen molar-refractivity contribution in [1.82, 2.24) is 0 Å². The summed E-state index contributed by atoms with van der Waals surface area (Å²) < 4.78 is 5.18. The van der Waals surface area contributed by atoms with E-state index in [-0.39, 0.29) is 6.04 Å². The molecule has 0 saturated carbocycles. The zero-order chi connectivity index (χ0) is 10.4. The topological polar surface area (TPSA) is 35.2 Å². The van der Waals surface area contributed by atoms with Crippen LogP contribution < -0.4 is 5.73 Å². The van der Waals surface area contributed by atoms with Gasteiger partial charge >= 0.3 is 0 Å². The molecule has 0 aliphatic heterocycles. The Morgan fingerprint density at radius 2 is 2.29 bits per heavy atom. The molecule has 0 saturated heterocycles. The molecule has 1 heterocycles. The molecule has 1 rings (SSSR count). The van der Waals surface area contributed by atoms with Crippen LogP contribution in [0.25, 0.3) is 0 Å². The lowest BCUT2D eigenvalue weighted by atomic mass is 10.1. The quantitative estimate of drug-likeness (QED) is 0.787. The molecule has 2 N–H and O–H groups in total. The average Bonchev–Trinajstić information content (AvgIpc) is 2.66. The summed E-state index contributed by atoms with van der Waals surface area (Å²) in [4.78, 5) is 1.38. The number of nitrogens with two attached hydrogens (primary N) is 1. The Morgan fingerprint density at radius 3 is 2.86 bits per heavy atom. The van der Waals surface area contributed by atoms with Gasteiger partial charge in [-0.1, -0.05) is 6.07 Å². The summed E-state index contributed by atoms with van der Waals surface area (Å²) in [7, 11) is 1.75. The minimum absolute atomic E-state index is 0.270. The Labute approximate surface area is 90.1 Å². The molecule has 1 aromatic heterocycles. The van der Waals surface area contributed by atoms with E-state index in [0.29, 0.717) is 6.10 Å². The van der Waals surface area contributed by atoms with Gasteiger partial charge in [0.25, 0.3) is 0 Å². The molecule has 0 aromatic carbocycles. The summed E-state index contributed by atoms with van der Waals surface area (Å²) in [5, 5.41) is 2.10. The highest BCUT2D eigenvalue weighted by Gasteiger charge is 2.07. The van der Waals surface area contributed by atoms with E-state index in [0.717, 1.165) is 19.3 Å². The largest absolute Gasteiger partial charge is 0.382 e. The van der Waals surface area contributed by atoms with Crippen molar-refractivity contribution in [3.8, 4) is 0 Å². The fourth-order valence-electron chi connectivity index (χ4n) is 1.36. The van der Waals surface area contributed by atoms with Gasteiger partial charge in [0.15, 0.2) is 0 Å². The van der Waals surface area contributed by atoms with Gasteiger partial charge in [0, 0.05) is 18.0 Å². The first-order chi connectivity index (χ1) is 6.72. The van der Waals surface area contributed by atoms with Gasteiger partial charge in [-0.15, -0.1) is 11.3 Å². The SMILES string of the molecule is COC(C)CCC(N)Cc1cccs1. The van der Waals surface area contributed by atoms with E-state index in [1.54, 1.807) is 18.4 Å². The predicted molar refractivity (Wildman–Crippen MR) is 61.7 cm³/mol. The van der Waals surface area contributed by atoms with E-state index < -0.39 is 0 Å². The molecule has 0 amide bonds. The standard InChI is InChI=1S/C11H19NOS/c1-9(13-2)5-6-10(12)8-11-4-3-7-14-11/h3-4,7,9-10H,5-6,8,12H2,1-2H3. The van der Waals surface area contributed by atoms with E-state index >= 15 is 0 Å². The van der Waals surface area contributed by atoms with Crippen LogP contribution in [0.15, 0.2) is 17.5 Å². The third-order valence-electron chi connectivity index (χ3n) is 2.39. The van der Waals surface area contributed by atoms with E-state index in [9.17, 15) is 0 Å². The maximum atomic E-state index is 6.02. The zero-order valence-corrected chi connectivity index (χ0v) is 9.72. The molecular formula is C11H19NOS. The van der Waals surface area contributed by atoms with Crippen LogP contribution in [0, 0.1) is 0 Å². The Balaban J connectivity index is 2.19. The van der Waals surface area contributed by atoms with Gasteiger partial charge in [0.2, 0.25) is 0 Å². The van der Waals surface area contributed by atoms with E-state index in [4.69, 9.17) is 10.5 Å². The second kappa shape index (κ2) is 6.17. The van der Waals surface area contributed by atoms with Crippen molar-refractivity contribution in [1.29, 1.82) is 0 Å². The van der Waals surface area contributed by atoms with Crippen molar-refractivity contribution >= 4 is 11.3 Å². The molecule has 0 bridgehead atoms. The molecule has 0 spiro atoms. The van der Waals surface area contributed by atoms with Gasteiger partial charge in [-0.05, 0) is 37.6 Å². The van der Waals surface area contributed by atoms with Gasteiger partial charge in [0.05, 0.1) is 6.10 Å². The summed E-state index contributed by atoms with van der Waals surface area (Å²) in [6.45, 7) is 2.08. The molecule has 2 nitrogen and oxygen atoms in total. The third kappa shape index (κ3) is 4.22. The molecule has 0 aliphatic carbocycles. The lowest BCUT2D eigenvalue weighted by Gasteiger charge is -2.13. The Hall–Kier alpha value is -0.380. The van der Waals surface area contributed by atoms with Gasteiger partial charge in [-0.3, -0.25) is 0 Å². The third-order valence-corrected chi connectivity index (χ3v) is 3.29. The van der Waals surface area contributed by atoms with Gasteiger partial charge in [-0.25, -0.2) is 0 Å². The van der Waals surface area contributed by atoms with Crippen LogP contribution in [0.3, 0.4) is 0 Å². The molecule has 14 heavy (non-hydrogen) atoms. The molecule has 2 atom stereocenters. The normalized spacial score (nSPS) is 15.4. The Morgan fingerprint density at radius 1 is 1.50 bits per heavy atom. The minimum Gasteiger partial charge on any atom is -0.382 e. The van der Waals surface area contributed by atoms with Crippen LogP contribution in [0.4, 0.5) is 0 Å². The Bertz CT molecular complexity index is 235. The smallest absolute Gasteiger partial charge is 0.0543 e. The number of methoxy groups -OCH3 is 1. The number of hydrogen-bond donors (Lipinski definition) is 1. The van der Waals surface area contributed by atoms with Crippen LogP contribution in [0.2, 0.25) is 0 Å². The van der Waals surface area contributed by atoms with Crippen molar-refractivity contribution in [3.63, 3.8) is 0 Å². The number of thiophene rings is 1. The summed E-state index contributed by atoms with van der Waals surface area (Å²) >= 11 is 1.78. The van der Waals surface area contributed by atoms with Crippen LogP contribution in [-0.4, -0.2) is 19.3 Å². The fourth-order valence-corrected chi connectivity index (χ4v) is 2.16. The zero-order valence-electron chi connectivity index (χ0n) is 8.90. The molecule has 2 unspecified atom stereocenters. The Kier molecular flexibility index (Phi) is 5.15. The first kappa shape index (κ1) is 11.7. The van der Waals surface area contributed by atoms with Crippen LogP contribution in [0.1, 0.15) is 24.6 Å². The monoisotopic (exact) mass is 213 g/mol. The van der Waals surface area contributed by atoms with Crippen molar-refractivity contribution < 1.29 is 4.74 Å². The number of hydrogen-bond acceptors (Lipinski definition) is 3. The van der Waals surface area contributed by atoms with Crippen molar-refractivity contribution in [3.05, 3.63) is 22.4 Å². The first-order valence-corrected chi connectivity index (χ1v) is 5.91. The van der Waals surface area contributed by atoms with Gasteiger partial charge in [0.1, 0.15) is 0 Å². The van der Waals surface area contributed by atoms with E-state index in [1.165, 1.54) is 4.88 Å². The van der Waals surface area contributed by atoms with Crippen molar-refractivity contribution in [2.75, 3.05) is 7.11 Å². The van der Waals surface area contributed by atoms with E-state index in [2.05, 4.69) is 24.4 Å². The van der Waals surface area contributed by atoms with Gasteiger partial charge < -0.3 is 10.5 Å². The highest BCUT2D eigenvalue weighted by molar-refractivity contribution is 7.09. The first-order valence-electron chi connectivity index (χ1n) is 5.03. The van der Waals surface area contributed by atoms with Gasteiger partial charge in [-0.2, -0.15) is 0 Å². The number of rotatable bonds is 6. The lowest BCUT2D eigenvalue weighted by molar-refractivity contribution is 0.107. The summed E-state index contributed by atoms with van der Waals surface area (Å²) in [6, 6.07) is 4.49. The van der Waals surface area contributed by atoms with Crippen molar-refractivity contribution in [2.24, 2.45) is 5.73 Å². The maximum Gasteiger partial charge on any atom is 0.0543 e. The lowest BCUT2D eigenvalue weighted by Crippen LogP contribution is -2.24. The molecule has 0 aliphatic rings. The molecule has 1 aromatic rings. The minimum atomic E-state index is 0.270. The van der Waals surface area contributed by atoms with Crippen LogP contribution in [0.5, 0.6) is 0 Å². The summed E-state index contributed by atoms with van der Waals surface area (Å²) in [5.74, 6) is 0. The maximum absolute atomic E-state index is 6.02. The van der Waals surface area contributed by atoms with Crippen molar-refractivity contribution in [2.45, 2.75) is 38.3 Å². The van der Waals surface area contributed by atoms with Crippen LogP contribution in [-0.2, 0) is 11.2 Å². The van der Waals surface area contributed by atoms with Crippen LogP contribution >= 0.6 is 11.3 Å². The number of ether oxygens (including phenoxy) is 1. The summed E-state index contributed by atoms with van der Waals surface area (Å²) in [6.07, 6.45) is 3.40. The second-order valence-corrected chi connectivity index (χ2v) is 4.70. The molecule has 3 heteroatoms. The summed E-state index contributed by atoms with van der Waals surface area (Å²) in [5.41, 5.74) is 6.02. The molecule has 0 fully saturated rings. The highest BCUT2D eigenvalue weighted by Crippen LogP contribution is 2.13. The highest BCUT2D eigenvalue weighted by atomic mass is 32.1. The molecular weight excluding hydrogens is 194 g/mol. The fraction of sp³-hybridized carbons (Fsp3) is 0.636. The second-order valence-electron chi connectivity index (χ2n) is 3.67. The van der Waals surface area contributed by atoms with E-state index in [1.807, 2.05) is 0 Å². The predicted octanol–water partition coefficient (Wildman–Crippen LogP) is 2.43. The molecule has 80 valence electrons.